The fraction of sp³-hybridized carbons (Fsp3) is 0.357. The lowest BCUT2D eigenvalue weighted by Crippen LogP contribution is -2.03. The van der Waals surface area contributed by atoms with Gasteiger partial charge in [-0.1, -0.05) is 43.7 Å². The van der Waals surface area contributed by atoms with Crippen LogP contribution >= 0.6 is 0 Å². The lowest BCUT2D eigenvalue weighted by molar-refractivity contribution is -0.113. The van der Waals surface area contributed by atoms with Gasteiger partial charge in [-0.3, -0.25) is 4.79 Å². The Balaban J connectivity index is 3.02. The first-order chi connectivity index (χ1) is 7.00. The van der Waals surface area contributed by atoms with Crippen LogP contribution < -0.4 is 0 Å². The van der Waals surface area contributed by atoms with Crippen LogP contribution in [0.5, 0.6) is 0 Å². The fourth-order valence-corrected chi connectivity index (χ4v) is 1.52. The van der Waals surface area contributed by atoms with Gasteiger partial charge in [-0.2, -0.15) is 0 Å². The molecular formula is C14H18O. The molecule has 0 spiro atoms. The molecular weight excluding hydrogens is 184 g/mol. The molecule has 0 heterocycles. The van der Waals surface area contributed by atoms with Crippen molar-refractivity contribution in [3.63, 3.8) is 0 Å². The maximum Gasteiger partial charge on any atom is 0.156 e. The molecule has 0 aromatic heterocycles. The molecule has 0 aliphatic carbocycles. The molecule has 0 aliphatic heterocycles. The Kier molecular flexibility index (Phi) is 3.84. The Morgan fingerprint density at radius 3 is 2.13 bits per heavy atom. The van der Waals surface area contributed by atoms with E-state index in [4.69, 9.17) is 0 Å². The molecule has 15 heavy (non-hydrogen) atoms. The number of benzene rings is 1. The summed E-state index contributed by atoms with van der Waals surface area (Å²) in [6.07, 6.45) is 1.98. The predicted molar refractivity (Wildman–Crippen MR) is 64.7 cm³/mol. The molecule has 0 amide bonds. The number of hydrogen-bond acceptors (Lipinski definition) is 1. The topological polar surface area (TPSA) is 17.1 Å². The van der Waals surface area contributed by atoms with Gasteiger partial charge >= 0.3 is 0 Å². The SMILES string of the molecule is CC(=O)/C(=C/c1ccc(C)cc1)C(C)C. The molecule has 0 aliphatic rings. The summed E-state index contributed by atoms with van der Waals surface area (Å²) in [5.74, 6) is 0.439. The van der Waals surface area contributed by atoms with E-state index in [0.29, 0.717) is 0 Å². The fourth-order valence-electron chi connectivity index (χ4n) is 1.52. The number of carbonyl (C=O) groups is 1. The van der Waals surface area contributed by atoms with Crippen molar-refractivity contribution < 1.29 is 4.79 Å². The summed E-state index contributed by atoms with van der Waals surface area (Å²) in [7, 11) is 0. The molecule has 80 valence electrons. The molecule has 0 saturated carbocycles. The molecule has 0 N–H and O–H groups in total. The number of aryl methyl sites for hydroxylation is 1. The lowest BCUT2D eigenvalue weighted by Gasteiger charge is -2.07. The smallest absolute Gasteiger partial charge is 0.156 e. The standard InChI is InChI=1S/C14H18O/c1-10(2)14(12(4)15)9-13-7-5-11(3)6-8-13/h5-10H,1-4H3/b14-9+. The zero-order valence-corrected chi connectivity index (χ0v) is 9.87. The van der Waals surface area contributed by atoms with Crippen LogP contribution in [-0.4, -0.2) is 5.78 Å². The van der Waals surface area contributed by atoms with Gasteiger partial charge in [0.1, 0.15) is 0 Å². The van der Waals surface area contributed by atoms with Gasteiger partial charge in [-0.25, -0.2) is 0 Å². The van der Waals surface area contributed by atoms with Gasteiger partial charge in [0, 0.05) is 0 Å². The highest BCUT2D eigenvalue weighted by molar-refractivity contribution is 5.98. The van der Waals surface area contributed by atoms with E-state index in [1.807, 2.05) is 32.1 Å². The van der Waals surface area contributed by atoms with Crippen molar-refractivity contribution in [1.82, 2.24) is 0 Å². The second-order valence-corrected chi connectivity index (χ2v) is 4.22. The van der Waals surface area contributed by atoms with Gasteiger partial charge in [0.05, 0.1) is 0 Å². The third-order valence-electron chi connectivity index (χ3n) is 2.43. The van der Waals surface area contributed by atoms with E-state index in [9.17, 15) is 4.79 Å². The van der Waals surface area contributed by atoms with E-state index < -0.39 is 0 Å². The Hall–Kier alpha value is -1.37. The Morgan fingerprint density at radius 2 is 1.73 bits per heavy atom. The van der Waals surface area contributed by atoms with E-state index in [0.717, 1.165) is 11.1 Å². The number of rotatable bonds is 3. The first-order valence-electron chi connectivity index (χ1n) is 5.30. The minimum atomic E-state index is 0.158. The van der Waals surface area contributed by atoms with Crippen LogP contribution in [0, 0.1) is 12.8 Å². The molecule has 0 saturated heterocycles. The van der Waals surface area contributed by atoms with Gasteiger partial charge < -0.3 is 0 Å². The third kappa shape index (κ3) is 3.35. The van der Waals surface area contributed by atoms with Gasteiger partial charge in [0.25, 0.3) is 0 Å². The average Bonchev–Trinajstić information content (AvgIpc) is 2.15. The summed E-state index contributed by atoms with van der Waals surface area (Å²) < 4.78 is 0. The van der Waals surface area contributed by atoms with Crippen LogP contribution in [0.15, 0.2) is 29.8 Å². The Morgan fingerprint density at radius 1 is 1.20 bits per heavy atom. The molecule has 0 atom stereocenters. The molecule has 0 bridgehead atoms. The molecule has 1 nitrogen and oxygen atoms in total. The van der Waals surface area contributed by atoms with Gasteiger partial charge in [-0.05, 0) is 37.0 Å². The number of allylic oxidation sites excluding steroid dienone is 1. The van der Waals surface area contributed by atoms with E-state index in [1.165, 1.54) is 5.56 Å². The van der Waals surface area contributed by atoms with Crippen molar-refractivity contribution in [2.75, 3.05) is 0 Å². The van der Waals surface area contributed by atoms with Crippen LogP contribution in [0.25, 0.3) is 6.08 Å². The van der Waals surface area contributed by atoms with Crippen LogP contribution in [0.1, 0.15) is 31.9 Å². The maximum atomic E-state index is 11.4. The molecule has 1 heteroatoms. The number of carbonyl (C=O) groups excluding carboxylic acids is 1. The number of ketones is 1. The zero-order chi connectivity index (χ0) is 11.4. The number of Topliss-reactive ketones (excluding diaryl/α,β-unsaturated/α-hetero) is 1. The predicted octanol–water partition coefficient (Wildman–Crippen LogP) is 3.62. The average molecular weight is 202 g/mol. The monoisotopic (exact) mass is 202 g/mol. The quantitative estimate of drug-likeness (QED) is 0.684. The largest absolute Gasteiger partial charge is 0.295 e. The first kappa shape index (κ1) is 11.7. The summed E-state index contributed by atoms with van der Waals surface area (Å²) in [5.41, 5.74) is 3.22. The highest BCUT2D eigenvalue weighted by Crippen LogP contribution is 2.16. The maximum absolute atomic E-state index is 11.4. The van der Waals surface area contributed by atoms with Crippen molar-refractivity contribution in [3.8, 4) is 0 Å². The minimum absolute atomic E-state index is 0.158. The number of hydrogen-bond donors (Lipinski definition) is 0. The van der Waals surface area contributed by atoms with Crippen molar-refractivity contribution in [1.29, 1.82) is 0 Å². The molecule has 1 aromatic carbocycles. The van der Waals surface area contributed by atoms with Gasteiger partial charge in [-0.15, -0.1) is 0 Å². The van der Waals surface area contributed by atoms with E-state index in [2.05, 4.69) is 19.1 Å². The first-order valence-corrected chi connectivity index (χ1v) is 5.30. The Labute approximate surface area is 91.8 Å². The molecule has 1 rings (SSSR count). The summed E-state index contributed by atoms with van der Waals surface area (Å²) >= 11 is 0. The van der Waals surface area contributed by atoms with Crippen LogP contribution in [-0.2, 0) is 4.79 Å². The highest BCUT2D eigenvalue weighted by atomic mass is 16.1. The van der Waals surface area contributed by atoms with Crippen molar-refractivity contribution in [2.24, 2.45) is 5.92 Å². The van der Waals surface area contributed by atoms with E-state index in [-0.39, 0.29) is 11.7 Å². The summed E-state index contributed by atoms with van der Waals surface area (Å²) in [6.45, 7) is 7.77. The van der Waals surface area contributed by atoms with E-state index in [1.54, 1.807) is 6.92 Å². The highest BCUT2D eigenvalue weighted by Gasteiger charge is 2.08. The Bertz CT molecular complexity index is 369. The molecule has 1 aromatic rings. The van der Waals surface area contributed by atoms with Crippen molar-refractivity contribution in [2.45, 2.75) is 27.7 Å². The minimum Gasteiger partial charge on any atom is -0.295 e. The van der Waals surface area contributed by atoms with Crippen LogP contribution in [0.2, 0.25) is 0 Å². The third-order valence-corrected chi connectivity index (χ3v) is 2.43. The summed E-state index contributed by atoms with van der Waals surface area (Å²) in [4.78, 5) is 11.4. The molecule has 0 unspecified atom stereocenters. The van der Waals surface area contributed by atoms with Crippen molar-refractivity contribution in [3.05, 3.63) is 41.0 Å². The second-order valence-electron chi connectivity index (χ2n) is 4.22. The summed E-state index contributed by atoms with van der Waals surface area (Å²) in [5, 5.41) is 0. The van der Waals surface area contributed by atoms with Crippen LogP contribution in [0.4, 0.5) is 0 Å². The molecule has 0 fully saturated rings. The van der Waals surface area contributed by atoms with Gasteiger partial charge in [0.15, 0.2) is 5.78 Å². The lowest BCUT2D eigenvalue weighted by atomic mass is 9.97. The van der Waals surface area contributed by atoms with Crippen molar-refractivity contribution >= 4 is 11.9 Å². The van der Waals surface area contributed by atoms with Gasteiger partial charge in [0.2, 0.25) is 0 Å². The molecule has 0 radical (unpaired) electrons. The van der Waals surface area contributed by atoms with Crippen LogP contribution in [0.3, 0.4) is 0 Å². The second kappa shape index (κ2) is 4.92. The zero-order valence-electron chi connectivity index (χ0n) is 9.87. The van der Waals surface area contributed by atoms with E-state index >= 15 is 0 Å². The normalized spacial score (nSPS) is 11.9. The summed E-state index contributed by atoms with van der Waals surface area (Å²) in [6, 6.07) is 8.20.